The molecule has 0 spiro atoms. The second kappa shape index (κ2) is 8.92. The summed E-state index contributed by atoms with van der Waals surface area (Å²) in [6, 6.07) is 4.31. The minimum Gasteiger partial charge on any atom is -0.497 e. The maximum atomic E-state index is 12.1. The molecule has 0 radical (unpaired) electrons. The number of unbranched alkanes of at least 4 members (excludes halogenated alkanes) is 1. The van der Waals surface area contributed by atoms with Crippen LogP contribution in [0.15, 0.2) is 18.2 Å². The second-order valence-corrected chi connectivity index (χ2v) is 4.96. The number of carboxylic acid groups (broad SMARTS) is 1. The SMILES string of the molecule is CCCCC(NC(=O)Cc1ccc(OC)cc1OC)C(=O)O. The zero-order valence-electron chi connectivity index (χ0n) is 13.2. The lowest BCUT2D eigenvalue weighted by Crippen LogP contribution is -2.41. The summed E-state index contributed by atoms with van der Waals surface area (Å²) in [5.41, 5.74) is 0.681. The molecule has 0 aliphatic carbocycles. The van der Waals surface area contributed by atoms with Crippen LogP contribution >= 0.6 is 0 Å². The summed E-state index contributed by atoms with van der Waals surface area (Å²) in [5, 5.41) is 11.7. The van der Waals surface area contributed by atoms with Crippen LogP contribution < -0.4 is 14.8 Å². The van der Waals surface area contributed by atoms with Gasteiger partial charge in [-0.15, -0.1) is 0 Å². The monoisotopic (exact) mass is 309 g/mol. The number of carboxylic acids is 1. The molecule has 0 fully saturated rings. The molecule has 1 rings (SSSR count). The molecule has 0 aromatic heterocycles. The number of aliphatic carboxylic acids is 1. The molecule has 6 heteroatoms. The Labute approximate surface area is 130 Å². The molecule has 22 heavy (non-hydrogen) atoms. The van der Waals surface area contributed by atoms with Gasteiger partial charge >= 0.3 is 5.97 Å². The van der Waals surface area contributed by atoms with E-state index in [9.17, 15) is 9.59 Å². The van der Waals surface area contributed by atoms with Gasteiger partial charge in [0.25, 0.3) is 0 Å². The molecule has 0 aliphatic heterocycles. The molecular formula is C16H23NO5. The van der Waals surface area contributed by atoms with E-state index in [1.807, 2.05) is 6.92 Å². The number of amides is 1. The second-order valence-electron chi connectivity index (χ2n) is 4.96. The first-order chi connectivity index (χ1) is 10.5. The van der Waals surface area contributed by atoms with Crippen molar-refractivity contribution in [2.45, 2.75) is 38.6 Å². The number of carbonyl (C=O) groups excluding carboxylic acids is 1. The minimum absolute atomic E-state index is 0.0586. The zero-order valence-corrected chi connectivity index (χ0v) is 13.2. The summed E-state index contributed by atoms with van der Waals surface area (Å²) < 4.78 is 10.3. The molecule has 0 heterocycles. The molecule has 2 N–H and O–H groups in total. The quantitative estimate of drug-likeness (QED) is 0.729. The summed E-state index contributed by atoms with van der Waals surface area (Å²) in [4.78, 5) is 23.2. The first-order valence-electron chi connectivity index (χ1n) is 7.24. The smallest absolute Gasteiger partial charge is 0.326 e. The maximum Gasteiger partial charge on any atom is 0.326 e. The van der Waals surface area contributed by atoms with E-state index >= 15 is 0 Å². The molecule has 1 aromatic carbocycles. The van der Waals surface area contributed by atoms with Gasteiger partial charge in [-0.2, -0.15) is 0 Å². The van der Waals surface area contributed by atoms with Crippen molar-refractivity contribution in [2.75, 3.05) is 14.2 Å². The number of hydrogen-bond donors (Lipinski definition) is 2. The lowest BCUT2D eigenvalue weighted by molar-refractivity contribution is -0.142. The van der Waals surface area contributed by atoms with Crippen molar-refractivity contribution in [3.63, 3.8) is 0 Å². The van der Waals surface area contributed by atoms with E-state index in [1.165, 1.54) is 7.11 Å². The molecule has 0 aliphatic rings. The first-order valence-corrected chi connectivity index (χ1v) is 7.24. The third-order valence-electron chi connectivity index (χ3n) is 3.32. The predicted octanol–water partition coefficient (Wildman–Crippen LogP) is 2.01. The molecule has 1 unspecified atom stereocenters. The number of hydrogen-bond acceptors (Lipinski definition) is 4. The fraction of sp³-hybridized carbons (Fsp3) is 0.500. The van der Waals surface area contributed by atoms with E-state index in [1.54, 1.807) is 25.3 Å². The predicted molar refractivity (Wildman–Crippen MR) is 82.3 cm³/mol. The van der Waals surface area contributed by atoms with Crippen molar-refractivity contribution in [1.82, 2.24) is 5.32 Å². The van der Waals surface area contributed by atoms with Gasteiger partial charge in [0.1, 0.15) is 17.5 Å². The molecule has 0 saturated heterocycles. The highest BCUT2D eigenvalue weighted by atomic mass is 16.5. The Morgan fingerprint density at radius 1 is 1.27 bits per heavy atom. The van der Waals surface area contributed by atoms with Gasteiger partial charge in [0.2, 0.25) is 5.91 Å². The lowest BCUT2D eigenvalue weighted by Gasteiger charge is -2.15. The molecule has 0 saturated carbocycles. The Kier molecular flexibility index (Phi) is 7.22. The van der Waals surface area contributed by atoms with Gasteiger partial charge < -0.3 is 19.9 Å². The van der Waals surface area contributed by atoms with Crippen LogP contribution in [0.3, 0.4) is 0 Å². The van der Waals surface area contributed by atoms with E-state index in [-0.39, 0.29) is 12.3 Å². The molecule has 1 atom stereocenters. The highest BCUT2D eigenvalue weighted by Gasteiger charge is 2.20. The van der Waals surface area contributed by atoms with Gasteiger partial charge in [0, 0.05) is 11.6 Å². The zero-order chi connectivity index (χ0) is 16.5. The van der Waals surface area contributed by atoms with Crippen LogP contribution in [-0.2, 0) is 16.0 Å². The number of nitrogens with one attached hydrogen (secondary N) is 1. The Morgan fingerprint density at radius 3 is 2.55 bits per heavy atom. The molecule has 1 aromatic rings. The van der Waals surface area contributed by atoms with Crippen molar-refractivity contribution < 1.29 is 24.2 Å². The highest BCUT2D eigenvalue weighted by Crippen LogP contribution is 2.24. The van der Waals surface area contributed by atoms with Gasteiger partial charge in [-0.05, 0) is 12.5 Å². The van der Waals surface area contributed by atoms with Gasteiger partial charge in [-0.3, -0.25) is 4.79 Å². The molecular weight excluding hydrogens is 286 g/mol. The molecule has 6 nitrogen and oxygen atoms in total. The van der Waals surface area contributed by atoms with Crippen molar-refractivity contribution in [3.8, 4) is 11.5 Å². The van der Waals surface area contributed by atoms with Crippen LogP contribution in [0.1, 0.15) is 31.7 Å². The summed E-state index contributed by atoms with van der Waals surface area (Å²) >= 11 is 0. The number of benzene rings is 1. The average Bonchev–Trinajstić information content (AvgIpc) is 2.51. The normalized spacial score (nSPS) is 11.6. The van der Waals surface area contributed by atoms with Crippen LogP contribution in [0.4, 0.5) is 0 Å². The number of rotatable bonds is 9. The van der Waals surface area contributed by atoms with Gasteiger partial charge in [-0.1, -0.05) is 25.8 Å². The van der Waals surface area contributed by atoms with E-state index < -0.39 is 12.0 Å². The van der Waals surface area contributed by atoms with Crippen molar-refractivity contribution >= 4 is 11.9 Å². The van der Waals surface area contributed by atoms with Crippen molar-refractivity contribution in [1.29, 1.82) is 0 Å². The van der Waals surface area contributed by atoms with Crippen molar-refractivity contribution in [3.05, 3.63) is 23.8 Å². The molecule has 1 amide bonds. The fourth-order valence-electron chi connectivity index (χ4n) is 2.08. The Morgan fingerprint density at radius 2 is 2.00 bits per heavy atom. The fourth-order valence-corrected chi connectivity index (χ4v) is 2.08. The lowest BCUT2D eigenvalue weighted by atomic mass is 10.1. The first kappa shape index (κ1) is 17.8. The maximum absolute atomic E-state index is 12.1. The summed E-state index contributed by atoms with van der Waals surface area (Å²) in [6.07, 6.45) is 2.12. The average molecular weight is 309 g/mol. The number of carbonyl (C=O) groups is 2. The topological polar surface area (TPSA) is 84.9 Å². The van der Waals surface area contributed by atoms with Crippen LogP contribution in [-0.4, -0.2) is 37.2 Å². The third kappa shape index (κ3) is 5.27. The van der Waals surface area contributed by atoms with Gasteiger partial charge in [0.15, 0.2) is 0 Å². The summed E-state index contributed by atoms with van der Waals surface area (Å²) in [7, 11) is 3.06. The number of methoxy groups -OCH3 is 2. The molecule has 0 bridgehead atoms. The Balaban J connectivity index is 2.73. The van der Waals surface area contributed by atoms with Crippen LogP contribution in [0.5, 0.6) is 11.5 Å². The van der Waals surface area contributed by atoms with E-state index in [4.69, 9.17) is 14.6 Å². The van der Waals surface area contributed by atoms with E-state index in [2.05, 4.69) is 5.32 Å². The standard InChI is InChI=1S/C16H23NO5/c1-4-5-6-13(16(19)20)17-15(18)9-11-7-8-12(21-2)10-14(11)22-3/h7-8,10,13H,4-6,9H2,1-3H3,(H,17,18)(H,19,20). The highest BCUT2D eigenvalue weighted by molar-refractivity contribution is 5.85. The van der Waals surface area contributed by atoms with Gasteiger partial charge in [-0.25, -0.2) is 4.79 Å². The van der Waals surface area contributed by atoms with E-state index in [0.717, 1.165) is 12.8 Å². The Hall–Kier alpha value is -2.24. The summed E-state index contributed by atoms with van der Waals surface area (Å²) in [5.74, 6) is -0.183. The number of ether oxygens (including phenoxy) is 2. The summed E-state index contributed by atoms with van der Waals surface area (Å²) in [6.45, 7) is 1.98. The minimum atomic E-state index is -1.01. The molecule has 122 valence electrons. The van der Waals surface area contributed by atoms with Gasteiger partial charge in [0.05, 0.1) is 20.6 Å². The Bertz CT molecular complexity index is 515. The van der Waals surface area contributed by atoms with Crippen LogP contribution in [0.25, 0.3) is 0 Å². The third-order valence-corrected chi connectivity index (χ3v) is 3.32. The van der Waals surface area contributed by atoms with Crippen LogP contribution in [0.2, 0.25) is 0 Å². The largest absolute Gasteiger partial charge is 0.497 e. The van der Waals surface area contributed by atoms with E-state index in [0.29, 0.717) is 23.5 Å². The van der Waals surface area contributed by atoms with Crippen molar-refractivity contribution in [2.24, 2.45) is 0 Å². The van der Waals surface area contributed by atoms with Crippen LogP contribution in [0, 0.1) is 0 Å².